The molecule has 0 aromatic rings. The van der Waals surface area contributed by atoms with Gasteiger partial charge < -0.3 is 33.2 Å². The number of nitrogens with one attached hydrogen (secondary N) is 5. The first-order chi connectivity index (χ1) is 10.4. The first kappa shape index (κ1) is 19.6. The summed E-state index contributed by atoms with van der Waals surface area (Å²) in [6.07, 6.45) is 3.67. The Balaban J connectivity index is 3.94. The normalized spacial score (nSPS) is 12.8. The number of carbonyl (C=O) groups excluding carboxylic acids is 2. The molecule has 0 bridgehead atoms. The average molecular weight is 313 g/mol. The summed E-state index contributed by atoms with van der Waals surface area (Å²) < 4.78 is 0. The van der Waals surface area contributed by atoms with Gasteiger partial charge in [-0.05, 0) is 25.7 Å². The van der Waals surface area contributed by atoms with E-state index in [1.165, 1.54) is 0 Å². The van der Waals surface area contributed by atoms with Crippen LogP contribution in [0.25, 0.3) is 0 Å². The Morgan fingerprint density at radius 2 is 1.55 bits per heavy atom. The van der Waals surface area contributed by atoms with Crippen LogP contribution in [0, 0.1) is 10.8 Å². The second-order valence-electron chi connectivity index (χ2n) is 4.75. The lowest BCUT2D eigenvalue weighted by atomic mass is 10.1. The number of guanidine groups is 2. The van der Waals surface area contributed by atoms with Crippen LogP contribution < -0.4 is 33.2 Å². The van der Waals surface area contributed by atoms with Gasteiger partial charge in [0.25, 0.3) is 0 Å². The minimum absolute atomic E-state index is 0.132. The Morgan fingerprint density at radius 3 is 2.00 bits per heavy atom. The van der Waals surface area contributed by atoms with Crippen molar-refractivity contribution in [2.45, 2.75) is 37.8 Å². The molecule has 10 heteroatoms. The van der Waals surface area contributed by atoms with Gasteiger partial charge in [-0.2, -0.15) is 0 Å². The van der Waals surface area contributed by atoms with E-state index in [0.717, 1.165) is 0 Å². The van der Waals surface area contributed by atoms with Gasteiger partial charge in [-0.3, -0.25) is 20.4 Å². The average Bonchev–Trinajstić information content (AvgIpc) is 2.45. The third kappa shape index (κ3) is 10.4. The van der Waals surface area contributed by atoms with Crippen molar-refractivity contribution in [1.82, 2.24) is 16.0 Å². The van der Waals surface area contributed by atoms with E-state index in [0.29, 0.717) is 38.8 Å². The smallest absolute Gasteiger partial charge is 0.237 e. The van der Waals surface area contributed by atoms with Gasteiger partial charge in [-0.25, -0.2) is 0 Å². The lowest BCUT2D eigenvalue weighted by Gasteiger charge is -2.16. The summed E-state index contributed by atoms with van der Waals surface area (Å²) in [5.74, 6) is -0.694. The van der Waals surface area contributed by atoms with Crippen molar-refractivity contribution >= 4 is 24.1 Å². The summed E-state index contributed by atoms with van der Waals surface area (Å²) in [5.41, 5.74) is 16.0. The third-order valence-corrected chi connectivity index (χ3v) is 2.79. The molecule has 0 saturated heterocycles. The van der Waals surface area contributed by atoms with Crippen LogP contribution in [0.1, 0.15) is 25.7 Å². The van der Waals surface area contributed by atoms with Crippen molar-refractivity contribution in [3.8, 4) is 0 Å². The largest absolute Gasteiger partial charge is 0.370 e. The van der Waals surface area contributed by atoms with Crippen molar-refractivity contribution in [3.05, 3.63) is 0 Å². The fourth-order valence-corrected chi connectivity index (χ4v) is 1.64. The summed E-state index contributed by atoms with van der Waals surface area (Å²) in [5, 5.41) is 21.7. The number of rotatable bonds is 11. The van der Waals surface area contributed by atoms with E-state index < -0.39 is 18.0 Å². The molecule has 1 amide bonds. The van der Waals surface area contributed by atoms with Crippen molar-refractivity contribution in [2.24, 2.45) is 17.2 Å². The first-order valence-electron chi connectivity index (χ1n) is 6.96. The van der Waals surface area contributed by atoms with Gasteiger partial charge >= 0.3 is 0 Å². The summed E-state index contributed by atoms with van der Waals surface area (Å²) in [6.45, 7) is 0.891. The Labute approximate surface area is 129 Å². The molecule has 22 heavy (non-hydrogen) atoms. The Kier molecular flexibility index (Phi) is 10.1. The molecule has 0 aliphatic rings. The maximum Gasteiger partial charge on any atom is 0.237 e. The molecule has 0 fully saturated rings. The number of hydrogen-bond acceptors (Lipinski definition) is 5. The third-order valence-electron chi connectivity index (χ3n) is 2.79. The van der Waals surface area contributed by atoms with Crippen LogP contribution in [0.15, 0.2) is 0 Å². The van der Waals surface area contributed by atoms with Crippen LogP contribution in [0.3, 0.4) is 0 Å². The Morgan fingerprint density at radius 1 is 1.05 bits per heavy atom. The lowest BCUT2D eigenvalue weighted by Crippen LogP contribution is -2.46. The van der Waals surface area contributed by atoms with E-state index in [-0.39, 0.29) is 11.9 Å². The molecule has 0 aliphatic heterocycles. The molecule has 10 nitrogen and oxygen atoms in total. The van der Waals surface area contributed by atoms with E-state index in [2.05, 4.69) is 16.0 Å². The molecule has 0 rings (SSSR count). The highest BCUT2D eigenvalue weighted by Gasteiger charge is 2.17. The zero-order chi connectivity index (χ0) is 17.0. The monoisotopic (exact) mass is 313 g/mol. The zero-order valence-corrected chi connectivity index (χ0v) is 12.4. The predicted molar refractivity (Wildman–Crippen MR) is 83.9 cm³/mol. The van der Waals surface area contributed by atoms with Crippen molar-refractivity contribution in [1.29, 1.82) is 10.8 Å². The fraction of sp³-hybridized carbons (Fsp3) is 0.667. The highest BCUT2D eigenvalue weighted by atomic mass is 16.2. The maximum absolute atomic E-state index is 11.8. The summed E-state index contributed by atoms with van der Waals surface area (Å²) in [4.78, 5) is 22.6. The van der Waals surface area contributed by atoms with Crippen molar-refractivity contribution in [3.63, 3.8) is 0 Å². The molecule has 1 radical (unpaired) electrons. The van der Waals surface area contributed by atoms with Gasteiger partial charge in [0.1, 0.15) is 0 Å². The summed E-state index contributed by atoms with van der Waals surface area (Å²) in [6, 6.07) is -1.47. The minimum Gasteiger partial charge on any atom is -0.370 e. The molecule has 0 aromatic carbocycles. The predicted octanol–water partition coefficient (Wildman–Crippen LogP) is -2.57. The molecule has 0 unspecified atom stereocenters. The fourth-order valence-electron chi connectivity index (χ4n) is 1.64. The van der Waals surface area contributed by atoms with E-state index in [1.54, 1.807) is 6.29 Å². The lowest BCUT2D eigenvalue weighted by molar-refractivity contribution is -0.122. The maximum atomic E-state index is 11.8. The van der Waals surface area contributed by atoms with Gasteiger partial charge in [0, 0.05) is 13.1 Å². The van der Waals surface area contributed by atoms with Gasteiger partial charge in [0.15, 0.2) is 11.9 Å². The molecule has 0 aliphatic carbocycles. The molecular weight excluding hydrogens is 288 g/mol. The highest BCUT2D eigenvalue weighted by molar-refractivity contribution is 5.84. The second-order valence-corrected chi connectivity index (χ2v) is 4.75. The SMILES string of the molecule is N=C(N)NCCC[C@@H]([C]=O)NC(=O)[C@@H](N)CCCNC(=N)N. The Bertz CT molecular complexity index is 387. The van der Waals surface area contributed by atoms with E-state index >= 15 is 0 Å². The quantitative estimate of drug-likeness (QED) is 0.116. The van der Waals surface area contributed by atoms with E-state index in [9.17, 15) is 9.59 Å². The van der Waals surface area contributed by atoms with Gasteiger partial charge in [0.2, 0.25) is 12.2 Å². The second kappa shape index (κ2) is 11.3. The molecular formula is C12H25N8O2. The van der Waals surface area contributed by atoms with Crippen LogP contribution in [0.5, 0.6) is 0 Å². The van der Waals surface area contributed by atoms with Crippen molar-refractivity contribution < 1.29 is 9.59 Å². The molecule has 0 spiro atoms. The topological polar surface area (TPSA) is 196 Å². The number of carbonyl (C=O) groups is 1. The molecule has 11 N–H and O–H groups in total. The van der Waals surface area contributed by atoms with Crippen LogP contribution in [0.4, 0.5) is 0 Å². The van der Waals surface area contributed by atoms with E-state index in [4.69, 9.17) is 28.0 Å². The number of amides is 1. The van der Waals surface area contributed by atoms with Gasteiger partial charge in [-0.15, -0.1) is 0 Å². The van der Waals surface area contributed by atoms with E-state index in [1.807, 2.05) is 0 Å². The zero-order valence-electron chi connectivity index (χ0n) is 12.4. The van der Waals surface area contributed by atoms with Gasteiger partial charge in [0.05, 0.1) is 12.1 Å². The van der Waals surface area contributed by atoms with Crippen LogP contribution in [-0.4, -0.2) is 49.3 Å². The molecule has 0 saturated carbocycles. The summed E-state index contributed by atoms with van der Waals surface area (Å²) >= 11 is 0. The Hall–Kier alpha value is -2.36. The summed E-state index contributed by atoms with van der Waals surface area (Å²) in [7, 11) is 0. The molecule has 0 heterocycles. The van der Waals surface area contributed by atoms with Gasteiger partial charge in [-0.1, -0.05) is 0 Å². The number of nitrogens with two attached hydrogens (primary N) is 3. The molecule has 2 atom stereocenters. The van der Waals surface area contributed by atoms with Crippen LogP contribution in [0.2, 0.25) is 0 Å². The minimum atomic E-state index is -0.736. The van der Waals surface area contributed by atoms with Crippen LogP contribution in [-0.2, 0) is 9.59 Å². The van der Waals surface area contributed by atoms with Crippen LogP contribution >= 0.6 is 0 Å². The highest BCUT2D eigenvalue weighted by Crippen LogP contribution is 1.98. The molecule has 125 valence electrons. The number of hydrogen-bond donors (Lipinski definition) is 8. The van der Waals surface area contributed by atoms with Crippen molar-refractivity contribution in [2.75, 3.05) is 13.1 Å². The first-order valence-corrected chi connectivity index (χ1v) is 6.96. The standard InChI is InChI=1S/C12H25N8O2/c13-9(4-2-6-19-12(16)17)10(22)20-8(7-21)3-1-5-18-11(14)15/h8-9H,1-6,13H2,(H,20,22)(H4,14,15,18)(H4,16,17,19)/t8-,9-/m0/s1. The molecule has 0 aromatic heterocycles.